The van der Waals surface area contributed by atoms with Crippen LogP contribution in [-0.2, 0) is 0 Å². The fraction of sp³-hybridized carbons (Fsp3) is 0.0909. The van der Waals surface area contributed by atoms with Crippen LogP contribution in [0, 0.1) is 0 Å². The van der Waals surface area contributed by atoms with Crippen LogP contribution in [0.2, 0.25) is 10.0 Å². The topological polar surface area (TPSA) is 38.0 Å². The molecule has 0 amide bonds. The molecule has 0 fully saturated rings. The first kappa shape index (κ1) is 14.8. The minimum atomic E-state index is -0.142. The van der Waals surface area contributed by atoms with Gasteiger partial charge in [-0.2, -0.15) is 0 Å². The summed E-state index contributed by atoms with van der Waals surface area (Å²) < 4.78 is 2.05. The molecule has 1 heterocycles. The molecule has 2 aromatic rings. The average molecular weight is 431 g/mol. The zero-order chi connectivity index (χ0) is 13.3. The molecule has 18 heavy (non-hydrogen) atoms. The van der Waals surface area contributed by atoms with E-state index in [1.165, 1.54) is 0 Å². The highest BCUT2D eigenvalue weighted by molar-refractivity contribution is 9.12. The highest BCUT2D eigenvalue weighted by Gasteiger charge is 2.18. The van der Waals surface area contributed by atoms with Gasteiger partial charge in [-0.3, -0.25) is 5.84 Å². The first-order chi connectivity index (χ1) is 8.52. The third-order valence-corrected chi connectivity index (χ3v) is 5.56. The Balaban J connectivity index is 2.45. The number of nitrogens with one attached hydrogen (secondary N) is 1. The van der Waals surface area contributed by atoms with Crippen LogP contribution in [0.15, 0.2) is 31.8 Å². The van der Waals surface area contributed by atoms with E-state index < -0.39 is 0 Å². The Morgan fingerprint density at radius 3 is 2.39 bits per heavy atom. The van der Waals surface area contributed by atoms with Gasteiger partial charge in [0.25, 0.3) is 0 Å². The van der Waals surface area contributed by atoms with Crippen LogP contribution < -0.4 is 11.3 Å². The average Bonchev–Trinajstić information content (AvgIpc) is 2.64. The van der Waals surface area contributed by atoms with Crippen LogP contribution in [0.3, 0.4) is 0 Å². The lowest BCUT2D eigenvalue weighted by Gasteiger charge is -2.16. The lowest BCUT2D eigenvalue weighted by molar-refractivity contribution is 0.637. The molecule has 2 nitrogen and oxygen atoms in total. The van der Waals surface area contributed by atoms with Gasteiger partial charge in [0.15, 0.2) is 0 Å². The third kappa shape index (κ3) is 3.10. The van der Waals surface area contributed by atoms with Crippen molar-refractivity contribution in [1.82, 2.24) is 5.43 Å². The van der Waals surface area contributed by atoms with Gasteiger partial charge < -0.3 is 0 Å². The summed E-state index contributed by atoms with van der Waals surface area (Å²) in [6.07, 6.45) is 0. The normalized spacial score (nSPS) is 12.7. The number of rotatable bonds is 3. The van der Waals surface area contributed by atoms with Gasteiger partial charge in [-0.25, -0.2) is 5.43 Å². The van der Waals surface area contributed by atoms with E-state index in [0.717, 1.165) is 18.7 Å². The largest absolute Gasteiger partial charge is 0.271 e. The number of thiophene rings is 1. The van der Waals surface area contributed by atoms with E-state index in [2.05, 4.69) is 37.3 Å². The minimum absolute atomic E-state index is 0.142. The van der Waals surface area contributed by atoms with Crippen molar-refractivity contribution in [3.63, 3.8) is 0 Å². The Hall–Kier alpha value is 0.380. The Morgan fingerprint density at radius 2 is 1.89 bits per heavy atom. The molecule has 0 aliphatic rings. The van der Waals surface area contributed by atoms with Crippen molar-refractivity contribution < 1.29 is 0 Å². The van der Waals surface area contributed by atoms with Crippen LogP contribution in [0.1, 0.15) is 17.2 Å². The molecule has 0 aliphatic heterocycles. The predicted molar refractivity (Wildman–Crippen MR) is 85.3 cm³/mol. The number of hydrazine groups is 1. The number of hydrogen-bond donors (Lipinski definition) is 2. The summed E-state index contributed by atoms with van der Waals surface area (Å²) >= 11 is 20.5. The smallest absolute Gasteiger partial charge is 0.0762 e. The maximum Gasteiger partial charge on any atom is 0.0762 e. The molecule has 96 valence electrons. The van der Waals surface area contributed by atoms with Gasteiger partial charge in [0.1, 0.15) is 0 Å². The molecule has 2 rings (SSSR count). The van der Waals surface area contributed by atoms with Crippen molar-refractivity contribution >= 4 is 66.4 Å². The van der Waals surface area contributed by atoms with Crippen LogP contribution in [0.5, 0.6) is 0 Å². The molecular formula is C11H8Br2Cl2N2S. The maximum absolute atomic E-state index is 6.03. The van der Waals surface area contributed by atoms with Crippen molar-refractivity contribution in [2.75, 3.05) is 0 Å². The Morgan fingerprint density at radius 1 is 1.17 bits per heavy atom. The molecule has 0 radical (unpaired) electrons. The van der Waals surface area contributed by atoms with Crippen molar-refractivity contribution in [3.05, 3.63) is 53.0 Å². The molecule has 3 N–H and O–H groups in total. The van der Waals surface area contributed by atoms with E-state index >= 15 is 0 Å². The number of nitrogens with two attached hydrogens (primary N) is 1. The minimum Gasteiger partial charge on any atom is -0.271 e. The van der Waals surface area contributed by atoms with E-state index in [9.17, 15) is 0 Å². The summed E-state index contributed by atoms with van der Waals surface area (Å²) in [6.45, 7) is 0. The third-order valence-electron chi connectivity index (χ3n) is 2.44. The van der Waals surface area contributed by atoms with Crippen molar-refractivity contribution in [2.45, 2.75) is 6.04 Å². The second kappa shape index (κ2) is 6.22. The van der Waals surface area contributed by atoms with Crippen LogP contribution >= 0.6 is 66.4 Å². The molecular weight excluding hydrogens is 423 g/mol. The lowest BCUT2D eigenvalue weighted by Crippen LogP contribution is -2.28. The maximum atomic E-state index is 6.03. The number of hydrogen-bond acceptors (Lipinski definition) is 3. The van der Waals surface area contributed by atoms with Crippen molar-refractivity contribution in [1.29, 1.82) is 0 Å². The van der Waals surface area contributed by atoms with Crippen LogP contribution in [0.4, 0.5) is 0 Å². The summed E-state index contributed by atoms with van der Waals surface area (Å²) in [5.74, 6) is 5.65. The molecule has 1 aromatic heterocycles. The summed E-state index contributed by atoms with van der Waals surface area (Å²) in [4.78, 5) is 0. The Kier molecular flexibility index (Phi) is 5.11. The van der Waals surface area contributed by atoms with Crippen molar-refractivity contribution in [3.8, 4) is 0 Å². The SMILES string of the molecule is NNC(c1ccc(Cl)c(Cl)c1)c1cc(Br)sc1Br. The fourth-order valence-corrected chi connectivity index (χ4v) is 4.82. The highest BCUT2D eigenvalue weighted by Crippen LogP contribution is 2.38. The van der Waals surface area contributed by atoms with Gasteiger partial charge in [-0.05, 0) is 55.6 Å². The molecule has 0 saturated heterocycles. The number of halogens is 4. The summed E-state index contributed by atoms with van der Waals surface area (Å²) in [5, 5.41) is 1.04. The second-order valence-electron chi connectivity index (χ2n) is 3.55. The molecule has 1 unspecified atom stereocenters. The van der Waals surface area contributed by atoms with E-state index in [1.807, 2.05) is 18.2 Å². The van der Waals surface area contributed by atoms with Crippen LogP contribution in [0.25, 0.3) is 0 Å². The molecule has 1 atom stereocenters. The lowest BCUT2D eigenvalue weighted by atomic mass is 10.0. The first-order valence-corrected chi connectivity index (χ1v) is 8.04. The van der Waals surface area contributed by atoms with Gasteiger partial charge in [-0.1, -0.05) is 29.3 Å². The summed E-state index contributed by atoms with van der Waals surface area (Å²) in [5.41, 5.74) is 4.79. The molecule has 0 aliphatic carbocycles. The van der Waals surface area contributed by atoms with Gasteiger partial charge in [-0.15, -0.1) is 11.3 Å². The molecule has 0 bridgehead atoms. The summed E-state index contributed by atoms with van der Waals surface area (Å²) in [7, 11) is 0. The fourth-order valence-electron chi connectivity index (χ4n) is 1.61. The first-order valence-electron chi connectivity index (χ1n) is 4.88. The van der Waals surface area contributed by atoms with Crippen molar-refractivity contribution in [2.24, 2.45) is 5.84 Å². The van der Waals surface area contributed by atoms with Gasteiger partial charge in [0.05, 0.1) is 23.7 Å². The zero-order valence-corrected chi connectivity index (χ0v) is 14.4. The molecule has 0 saturated carbocycles. The van der Waals surface area contributed by atoms with E-state index in [4.69, 9.17) is 29.0 Å². The predicted octanol–water partition coefficient (Wildman–Crippen LogP) is 5.13. The molecule has 7 heteroatoms. The summed E-state index contributed by atoms with van der Waals surface area (Å²) in [6, 6.07) is 7.35. The Labute approximate surface area is 136 Å². The zero-order valence-electron chi connectivity index (χ0n) is 8.88. The van der Waals surface area contributed by atoms with Gasteiger partial charge >= 0.3 is 0 Å². The molecule has 1 aromatic carbocycles. The Bertz CT molecular complexity index is 574. The number of benzene rings is 1. The quantitative estimate of drug-likeness (QED) is 0.523. The van der Waals surface area contributed by atoms with E-state index in [1.54, 1.807) is 17.4 Å². The standard InChI is InChI=1S/C11H8Br2Cl2N2S/c12-9-4-6(11(13)18-9)10(17-16)5-1-2-7(14)8(15)3-5/h1-4,10,17H,16H2. The van der Waals surface area contributed by atoms with E-state index in [0.29, 0.717) is 10.0 Å². The highest BCUT2D eigenvalue weighted by atomic mass is 79.9. The van der Waals surface area contributed by atoms with Crippen LogP contribution in [-0.4, -0.2) is 0 Å². The van der Waals surface area contributed by atoms with Gasteiger partial charge in [0.2, 0.25) is 0 Å². The monoisotopic (exact) mass is 428 g/mol. The van der Waals surface area contributed by atoms with E-state index in [-0.39, 0.29) is 6.04 Å². The molecule has 0 spiro atoms. The van der Waals surface area contributed by atoms with Gasteiger partial charge in [0, 0.05) is 5.56 Å². The second-order valence-corrected chi connectivity index (χ2v) is 8.12.